The van der Waals surface area contributed by atoms with Gasteiger partial charge in [-0.25, -0.2) is 4.79 Å². The highest BCUT2D eigenvalue weighted by atomic mass is 16.5. The number of esters is 1. The van der Waals surface area contributed by atoms with Crippen LogP contribution in [0.5, 0.6) is 0 Å². The zero-order valence-corrected chi connectivity index (χ0v) is 11.2. The molecule has 2 N–H and O–H groups in total. The second-order valence-corrected chi connectivity index (χ2v) is 5.61. The van der Waals surface area contributed by atoms with Crippen LogP contribution in [0.3, 0.4) is 0 Å². The van der Waals surface area contributed by atoms with E-state index in [-0.39, 0.29) is 30.1 Å². The summed E-state index contributed by atoms with van der Waals surface area (Å²) in [5.41, 5.74) is 0.970. The highest BCUT2D eigenvalue weighted by Crippen LogP contribution is 2.28. The predicted octanol–water partition coefficient (Wildman–Crippen LogP) is 0.997. The molecule has 5 nitrogen and oxygen atoms in total. The van der Waals surface area contributed by atoms with Crippen LogP contribution in [0.15, 0.2) is 11.3 Å². The van der Waals surface area contributed by atoms with Crippen LogP contribution in [-0.4, -0.2) is 30.1 Å². The Morgan fingerprint density at radius 2 is 1.84 bits per heavy atom. The summed E-state index contributed by atoms with van der Waals surface area (Å²) >= 11 is 0. The first kappa shape index (κ1) is 12.5. The topological polar surface area (TPSA) is 67.4 Å². The number of fused-ring (bicyclic) bond motifs is 1. The molecule has 3 unspecified atom stereocenters. The first-order valence-electron chi connectivity index (χ1n) is 7.20. The van der Waals surface area contributed by atoms with Crippen LogP contribution >= 0.6 is 0 Å². The Balaban J connectivity index is 1.84. The van der Waals surface area contributed by atoms with E-state index < -0.39 is 0 Å². The summed E-state index contributed by atoms with van der Waals surface area (Å²) in [4.78, 5) is 24.0. The molecule has 2 aliphatic heterocycles. The van der Waals surface area contributed by atoms with Gasteiger partial charge in [-0.3, -0.25) is 4.79 Å². The van der Waals surface area contributed by atoms with Crippen molar-refractivity contribution in [1.82, 2.24) is 10.6 Å². The summed E-state index contributed by atoms with van der Waals surface area (Å²) in [7, 11) is 0. The molecule has 3 rings (SSSR count). The maximum absolute atomic E-state index is 12.1. The van der Waals surface area contributed by atoms with Crippen LogP contribution in [0, 0.1) is 0 Å². The number of hydrogen-bond donors (Lipinski definition) is 2. The fourth-order valence-electron chi connectivity index (χ4n) is 3.20. The third-order valence-electron chi connectivity index (χ3n) is 4.35. The number of hydrogen-bond acceptors (Lipinski definition) is 4. The largest absolute Gasteiger partial charge is 0.459 e. The lowest BCUT2D eigenvalue weighted by atomic mass is 9.87. The molecule has 1 amide bonds. The highest BCUT2D eigenvalue weighted by Gasteiger charge is 2.38. The van der Waals surface area contributed by atoms with Crippen molar-refractivity contribution in [1.29, 1.82) is 0 Å². The fourth-order valence-corrected chi connectivity index (χ4v) is 3.20. The number of rotatable bonds is 1. The van der Waals surface area contributed by atoms with Gasteiger partial charge >= 0.3 is 5.97 Å². The zero-order chi connectivity index (χ0) is 13.4. The molecule has 1 saturated carbocycles. The highest BCUT2D eigenvalue weighted by molar-refractivity contribution is 6.04. The van der Waals surface area contributed by atoms with Gasteiger partial charge in [-0.2, -0.15) is 0 Å². The quantitative estimate of drug-likeness (QED) is 0.547. The van der Waals surface area contributed by atoms with Gasteiger partial charge < -0.3 is 15.4 Å². The molecular formula is C14H20N2O3. The maximum Gasteiger partial charge on any atom is 0.336 e. The molecular weight excluding hydrogens is 244 g/mol. The minimum Gasteiger partial charge on any atom is -0.459 e. The predicted molar refractivity (Wildman–Crippen MR) is 69.1 cm³/mol. The van der Waals surface area contributed by atoms with E-state index in [2.05, 4.69) is 10.6 Å². The molecule has 0 radical (unpaired) electrons. The number of carbonyl (C=O) groups is 2. The Hall–Kier alpha value is -1.52. The Morgan fingerprint density at radius 1 is 1.16 bits per heavy atom. The molecule has 2 saturated heterocycles. The molecule has 5 heteroatoms. The number of carbonyl (C=O) groups excluding carboxylic acids is 2. The van der Waals surface area contributed by atoms with Crippen LogP contribution < -0.4 is 10.6 Å². The molecule has 2 heterocycles. The maximum atomic E-state index is 12.1. The van der Waals surface area contributed by atoms with Crippen molar-refractivity contribution < 1.29 is 14.3 Å². The lowest BCUT2D eigenvalue weighted by molar-refractivity contribution is -0.139. The van der Waals surface area contributed by atoms with Gasteiger partial charge in [-0.05, 0) is 19.3 Å². The van der Waals surface area contributed by atoms with Gasteiger partial charge in [0.1, 0.15) is 11.8 Å². The number of piperazine rings is 1. The average Bonchev–Trinajstić information content (AvgIpc) is 2.79. The molecule has 1 aliphatic carbocycles. The summed E-state index contributed by atoms with van der Waals surface area (Å²) in [5.74, 6) is -0.481. The van der Waals surface area contributed by atoms with E-state index in [1.54, 1.807) is 0 Å². The Kier molecular flexibility index (Phi) is 3.21. The van der Waals surface area contributed by atoms with Gasteiger partial charge in [0.25, 0.3) is 5.91 Å². The van der Waals surface area contributed by atoms with Crippen molar-refractivity contribution >= 4 is 11.9 Å². The molecule has 3 fully saturated rings. The van der Waals surface area contributed by atoms with E-state index in [0.29, 0.717) is 17.7 Å². The van der Waals surface area contributed by atoms with E-state index in [0.717, 1.165) is 25.7 Å². The summed E-state index contributed by atoms with van der Waals surface area (Å²) in [5, 5.41) is 6.32. The molecule has 19 heavy (non-hydrogen) atoms. The summed E-state index contributed by atoms with van der Waals surface area (Å²) in [6.45, 7) is 1.98. The van der Waals surface area contributed by atoms with Crippen LogP contribution in [0.2, 0.25) is 0 Å². The molecule has 0 aromatic heterocycles. The van der Waals surface area contributed by atoms with Crippen molar-refractivity contribution in [2.24, 2.45) is 0 Å². The van der Waals surface area contributed by atoms with Crippen molar-refractivity contribution in [3.8, 4) is 0 Å². The number of cyclic esters (lactones) is 1. The van der Waals surface area contributed by atoms with E-state index in [4.69, 9.17) is 4.74 Å². The number of ether oxygens (including phenoxy) is 1. The van der Waals surface area contributed by atoms with Gasteiger partial charge in [0.2, 0.25) is 0 Å². The van der Waals surface area contributed by atoms with Crippen molar-refractivity contribution in [2.45, 2.75) is 63.6 Å². The third kappa shape index (κ3) is 2.22. The second kappa shape index (κ2) is 4.87. The van der Waals surface area contributed by atoms with Gasteiger partial charge in [0, 0.05) is 18.5 Å². The molecule has 0 aromatic carbocycles. The van der Waals surface area contributed by atoms with Crippen molar-refractivity contribution in [3.63, 3.8) is 0 Å². The first-order chi connectivity index (χ1) is 9.19. The Bertz CT molecular complexity index is 444. The molecule has 0 spiro atoms. The van der Waals surface area contributed by atoms with Crippen LogP contribution in [-0.2, 0) is 14.3 Å². The molecule has 0 bridgehead atoms. The summed E-state index contributed by atoms with van der Waals surface area (Å²) in [6.07, 6.45) is 5.67. The molecule has 3 aliphatic rings. The lowest BCUT2D eigenvalue weighted by Crippen LogP contribution is -2.59. The average molecular weight is 264 g/mol. The van der Waals surface area contributed by atoms with E-state index in [1.165, 1.54) is 6.42 Å². The standard InChI is InChI=1S/C14H20N2O3/c1-2-8-7-9(14(18)19-8)12-13(17)16-11-6-4-3-5-10(11)15-12/h8,10-11,15H,2-7H2,1H3,(H,16,17). The fraction of sp³-hybridized carbons (Fsp3) is 0.714. The van der Waals surface area contributed by atoms with Crippen LogP contribution in [0.4, 0.5) is 0 Å². The lowest BCUT2D eigenvalue weighted by Gasteiger charge is -2.38. The van der Waals surface area contributed by atoms with Crippen LogP contribution in [0.25, 0.3) is 0 Å². The van der Waals surface area contributed by atoms with Gasteiger partial charge in [0.15, 0.2) is 0 Å². The van der Waals surface area contributed by atoms with E-state index >= 15 is 0 Å². The normalized spacial score (nSPS) is 38.3. The zero-order valence-electron chi connectivity index (χ0n) is 11.2. The second-order valence-electron chi connectivity index (χ2n) is 5.61. The minimum atomic E-state index is -0.334. The van der Waals surface area contributed by atoms with Crippen LogP contribution in [0.1, 0.15) is 45.4 Å². The number of amides is 1. The Morgan fingerprint density at radius 3 is 2.47 bits per heavy atom. The van der Waals surface area contributed by atoms with Gasteiger partial charge in [-0.1, -0.05) is 19.8 Å². The molecule has 104 valence electrons. The smallest absolute Gasteiger partial charge is 0.336 e. The number of nitrogens with one attached hydrogen (secondary N) is 2. The molecule has 3 atom stereocenters. The Labute approximate surface area is 112 Å². The summed E-state index contributed by atoms with van der Waals surface area (Å²) < 4.78 is 5.24. The van der Waals surface area contributed by atoms with Gasteiger partial charge in [0.05, 0.1) is 5.57 Å². The van der Waals surface area contributed by atoms with E-state index in [1.807, 2.05) is 6.92 Å². The van der Waals surface area contributed by atoms with Crippen molar-refractivity contribution in [2.75, 3.05) is 0 Å². The first-order valence-corrected chi connectivity index (χ1v) is 7.20. The third-order valence-corrected chi connectivity index (χ3v) is 4.35. The molecule has 0 aromatic rings. The monoisotopic (exact) mass is 264 g/mol. The van der Waals surface area contributed by atoms with E-state index in [9.17, 15) is 9.59 Å². The minimum absolute atomic E-state index is 0.0753. The summed E-state index contributed by atoms with van der Waals surface area (Å²) in [6, 6.07) is 0.479. The SMILES string of the molecule is CCC1CC(=C2NC3CCCCC3NC2=O)C(=O)O1. The van der Waals surface area contributed by atoms with Gasteiger partial charge in [-0.15, -0.1) is 0 Å². The van der Waals surface area contributed by atoms with Crippen molar-refractivity contribution in [3.05, 3.63) is 11.3 Å².